The van der Waals surface area contributed by atoms with Crippen molar-refractivity contribution in [2.24, 2.45) is 5.92 Å². The Morgan fingerprint density at radius 3 is 2.73 bits per heavy atom. The predicted molar refractivity (Wildman–Crippen MR) is 66.5 cm³/mol. The summed E-state index contributed by atoms with van der Waals surface area (Å²) < 4.78 is 5.52. The lowest BCUT2D eigenvalue weighted by Crippen LogP contribution is -2.48. The molecule has 2 fully saturated rings. The SMILES string of the molecule is BrCC1COCCN1CC1CCCCC1. The molecule has 2 nitrogen and oxygen atoms in total. The number of rotatable bonds is 3. The Bertz CT molecular complexity index is 182. The molecule has 0 aromatic carbocycles. The van der Waals surface area contributed by atoms with E-state index in [2.05, 4.69) is 20.8 Å². The average Bonchev–Trinajstić information content (AvgIpc) is 2.31. The fraction of sp³-hybridized carbons (Fsp3) is 1.00. The minimum absolute atomic E-state index is 0.612. The van der Waals surface area contributed by atoms with Crippen molar-refractivity contribution in [3.05, 3.63) is 0 Å². The van der Waals surface area contributed by atoms with Crippen LogP contribution in [0, 0.1) is 5.92 Å². The van der Waals surface area contributed by atoms with E-state index >= 15 is 0 Å². The van der Waals surface area contributed by atoms with E-state index in [-0.39, 0.29) is 0 Å². The molecular formula is C12H22BrNO. The summed E-state index contributed by atoms with van der Waals surface area (Å²) in [5, 5.41) is 1.06. The van der Waals surface area contributed by atoms with Crippen LogP contribution in [0.2, 0.25) is 0 Å². The molecule has 0 bridgehead atoms. The number of morpholine rings is 1. The zero-order valence-electron chi connectivity index (χ0n) is 9.46. The van der Waals surface area contributed by atoms with E-state index < -0.39 is 0 Å². The van der Waals surface area contributed by atoms with Crippen molar-refractivity contribution < 1.29 is 4.74 Å². The highest BCUT2D eigenvalue weighted by Gasteiger charge is 2.25. The van der Waals surface area contributed by atoms with Crippen LogP contribution in [-0.2, 0) is 4.74 Å². The van der Waals surface area contributed by atoms with Gasteiger partial charge in [-0.2, -0.15) is 0 Å². The lowest BCUT2D eigenvalue weighted by molar-refractivity contribution is -0.00742. The summed E-state index contributed by atoms with van der Waals surface area (Å²) in [6.07, 6.45) is 7.27. The van der Waals surface area contributed by atoms with Gasteiger partial charge in [-0.05, 0) is 18.8 Å². The Labute approximate surface area is 101 Å². The van der Waals surface area contributed by atoms with E-state index in [1.807, 2.05) is 0 Å². The van der Waals surface area contributed by atoms with Gasteiger partial charge in [-0.25, -0.2) is 0 Å². The molecule has 1 atom stereocenters. The van der Waals surface area contributed by atoms with Crippen molar-refractivity contribution in [1.82, 2.24) is 4.90 Å². The van der Waals surface area contributed by atoms with Crippen LogP contribution in [0.3, 0.4) is 0 Å². The molecule has 15 heavy (non-hydrogen) atoms. The number of hydrogen-bond acceptors (Lipinski definition) is 2. The number of alkyl halides is 1. The molecule has 0 aromatic rings. The molecule has 3 heteroatoms. The molecule has 88 valence electrons. The molecular weight excluding hydrogens is 254 g/mol. The van der Waals surface area contributed by atoms with Crippen molar-refractivity contribution in [3.63, 3.8) is 0 Å². The Balaban J connectivity index is 1.79. The Morgan fingerprint density at radius 2 is 2.00 bits per heavy atom. The molecule has 1 saturated carbocycles. The van der Waals surface area contributed by atoms with E-state index in [4.69, 9.17) is 4.74 Å². The Kier molecular flexibility index (Phi) is 4.92. The highest BCUT2D eigenvalue weighted by atomic mass is 79.9. The highest BCUT2D eigenvalue weighted by Crippen LogP contribution is 2.25. The number of hydrogen-bond donors (Lipinski definition) is 0. The molecule has 1 saturated heterocycles. The predicted octanol–water partition coefficient (Wildman–Crippen LogP) is 2.66. The van der Waals surface area contributed by atoms with Crippen LogP contribution in [0.1, 0.15) is 32.1 Å². The molecule has 2 aliphatic rings. The zero-order valence-corrected chi connectivity index (χ0v) is 11.0. The van der Waals surface area contributed by atoms with Gasteiger partial charge in [0, 0.05) is 24.5 Å². The van der Waals surface area contributed by atoms with Crippen LogP contribution in [0.15, 0.2) is 0 Å². The van der Waals surface area contributed by atoms with E-state index in [0.717, 1.165) is 31.0 Å². The first-order valence-corrected chi connectivity index (χ1v) is 7.40. The zero-order chi connectivity index (χ0) is 10.5. The van der Waals surface area contributed by atoms with Gasteiger partial charge in [0.2, 0.25) is 0 Å². The summed E-state index contributed by atoms with van der Waals surface area (Å²) in [4.78, 5) is 2.63. The molecule has 0 aromatic heterocycles. The fourth-order valence-corrected chi connectivity index (χ4v) is 3.37. The van der Waals surface area contributed by atoms with Crippen LogP contribution >= 0.6 is 15.9 Å². The third-order valence-electron chi connectivity index (χ3n) is 3.75. The van der Waals surface area contributed by atoms with Crippen LogP contribution in [0.5, 0.6) is 0 Å². The maximum Gasteiger partial charge on any atom is 0.0630 e. The normalized spacial score (nSPS) is 30.6. The number of halogens is 1. The van der Waals surface area contributed by atoms with Gasteiger partial charge in [0.15, 0.2) is 0 Å². The summed E-state index contributed by atoms with van der Waals surface area (Å²) >= 11 is 3.59. The summed E-state index contributed by atoms with van der Waals surface area (Å²) in [5.74, 6) is 0.957. The molecule has 1 aliphatic carbocycles. The van der Waals surface area contributed by atoms with Gasteiger partial charge in [-0.3, -0.25) is 4.90 Å². The summed E-state index contributed by atoms with van der Waals surface area (Å²) in [7, 11) is 0. The van der Waals surface area contributed by atoms with Gasteiger partial charge >= 0.3 is 0 Å². The van der Waals surface area contributed by atoms with Gasteiger partial charge in [0.25, 0.3) is 0 Å². The maximum atomic E-state index is 5.52. The van der Waals surface area contributed by atoms with Crippen molar-refractivity contribution in [2.75, 3.05) is 31.6 Å². The Morgan fingerprint density at radius 1 is 1.20 bits per heavy atom. The molecule has 1 unspecified atom stereocenters. The van der Waals surface area contributed by atoms with E-state index in [1.165, 1.54) is 38.6 Å². The lowest BCUT2D eigenvalue weighted by atomic mass is 9.88. The lowest BCUT2D eigenvalue weighted by Gasteiger charge is -2.37. The minimum atomic E-state index is 0.612. The fourth-order valence-electron chi connectivity index (χ4n) is 2.77. The van der Waals surface area contributed by atoms with Crippen LogP contribution in [-0.4, -0.2) is 42.6 Å². The average molecular weight is 276 g/mol. The first-order valence-electron chi connectivity index (χ1n) is 6.28. The van der Waals surface area contributed by atoms with E-state index in [1.54, 1.807) is 0 Å². The molecule has 2 rings (SSSR count). The third-order valence-corrected chi connectivity index (χ3v) is 4.49. The number of ether oxygens (including phenoxy) is 1. The van der Waals surface area contributed by atoms with E-state index in [9.17, 15) is 0 Å². The van der Waals surface area contributed by atoms with Crippen LogP contribution < -0.4 is 0 Å². The maximum absolute atomic E-state index is 5.52. The van der Waals surface area contributed by atoms with Crippen molar-refractivity contribution in [1.29, 1.82) is 0 Å². The molecule has 0 spiro atoms. The standard InChI is InChI=1S/C12H22BrNO/c13-8-12-10-15-7-6-14(12)9-11-4-2-1-3-5-11/h11-12H,1-10H2. The van der Waals surface area contributed by atoms with Gasteiger partial charge < -0.3 is 4.74 Å². The summed E-state index contributed by atoms with van der Waals surface area (Å²) in [6.45, 7) is 4.28. The van der Waals surface area contributed by atoms with E-state index in [0.29, 0.717) is 6.04 Å². The second-order valence-corrected chi connectivity index (χ2v) is 5.53. The first-order chi connectivity index (χ1) is 7.40. The van der Waals surface area contributed by atoms with Crippen molar-refractivity contribution >= 4 is 15.9 Å². The minimum Gasteiger partial charge on any atom is -0.378 e. The van der Waals surface area contributed by atoms with Crippen molar-refractivity contribution in [2.45, 2.75) is 38.1 Å². The van der Waals surface area contributed by atoms with Crippen LogP contribution in [0.4, 0.5) is 0 Å². The Hall–Kier alpha value is 0.400. The first kappa shape index (κ1) is 11.9. The van der Waals surface area contributed by atoms with Gasteiger partial charge in [0.1, 0.15) is 0 Å². The largest absolute Gasteiger partial charge is 0.378 e. The van der Waals surface area contributed by atoms with Crippen molar-refractivity contribution in [3.8, 4) is 0 Å². The number of nitrogens with zero attached hydrogens (tertiary/aromatic N) is 1. The quantitative estimate of drug-likeness (QED) is 0.735. The monoisotopic (exact) mass is 275 g/mol. The highest BCUT2D eigenvalue weighted by molar-refractivity contribution is 9.09. The van der Waals surface area contributed by atoms with Crippen LogP contribution in [0.25, 0.3) is 0 Å². The second-order valence-electron chi connectivity index (χ2n) is 4.88. The summed E-state index contributed by atoms with van der Waals surface area (Å²) in [5.41, 5.74) is 0. The smallest absolute Gasteiger partial charge is 0.0630 e. The molecule has 1 heterocycles. The molecule has 1 aliphatic heterocycles. The third kappa shape index (κ3) is 3.43. The molecule has 0 N–H and O–H groups in total. The second kappa shape index (κ2) is 6.21. The molecule has 0 amide bonds. The topological polar surface area (TPSA) is 12.5 Å². The van der Waals surface area contributed by atoms with Gasteiger partial charge in [-0.1, -0.05) is 35.2 Å². The van der Waals surface area contributed by atoms with Gasteiger partial charge in [-0.15, -0.1) is 0 Å². The van der Waals surface area contributed by atoms with Gasteiger partial charge in [0.05, 0.1) is 13.2 Å². The molecule has 0 radical (unpaired) electrons. The summed E-state index contributed by atoms with van der Waals surface area (Å²) in [6, 6.07) is 0.612.